The van der Waals surface area contributed by atoms with E-state index in [0.29, 0.717) is 18.5 Å². The average molecular weight is 555 g/mol. The van der Waals surface area contributed by atoms with Crippen molar-refractivity contribution in [2.24, 2.45) is 38.7 Å². The molecule has 39 heavy (non-hydrogen) atoms. The van der Waals surface area contributed by atoms with Gasteiger partial charge < -0.3 is 59.8 Å². The predicted octanol–water partition coefficient (Wildman–Crippen LogP) is -5.08. The molecule has 18 heteroatoms. The number of nitrogens with one attached hydrogen (secondary N) is 4. The van der Waals surface area contributed by atoms with E-state index in [1.165, 1.54) is 12.5 Å². The fraction of sp³-hybridized carbons (Fsp3) is 0.571. The molecule has 4 atom stereocenters. The fourth-order valence-corrected chi connectivity index (χ4v) is 3.26. The third-order valence-corrected chi connectivity index (χ3v) is 5.29. The second-order valence-corrected chi connectivity index (χ2v) is 8.49. The summed E-state index contributed by atoms with van der Waals surface area (Å²) < 4.78 is 0. The van der Waals surface area contributed by atoms with Crippen LogP contribution in [0.2, 0.25) is 0 Å². The first-order valence-electron chi connectivity index (χ1n) is 12.0. The van der Waals surface area contributed by atoms with Gasteiger partial charge in [-0.1, -0.05) is 0 Å². The number of imidazole rings is 1. The van der Waals surface area contributed by atoms with E-state index in [1.54, 1.807) is 0 Å². The van der Waals surface area contributed by atoms with Gasteiger partial charge >= 0.3 is 5.97 Å². The highest BCUT2D eigenvalue weighted by Crippen LogP contribution is 2.05. The van der Waals surface area contributed by atoms with Crippen molar-refractivity contribution in [3.8, 4) is 0 Å². The summed E-state index contributed by atoms with van der Waals surface area (Å²) in [5, 5.41) is 25.7. The van der Waals surface area contributed by atoms with Crippen LogP contribution >= 0.6 is 0 Å². The van der Waals surface area contributed by atoms with E-state index < -0.39 is 54.5 Å². The number of carbonyl (C=O) groups is 4. The first-order chi connectivity index (χ1) is 18.4. The quantitative estimate of drug-likeness (QED) is 0.0461. The molecule has 0 saturated carbocycles. The third kappa shape index (κ3) is 13.1. The van der Waals surface area contributed by atoms with E-state index in [2.05, 4.69) is 35.9 Å². The minimum atomic E-state index is -1.59. The Morgan fingerprint density at radius 3 is 1.92 bits per heavy atom. The molecule has 3 amide bonds. The molecule has 0 radical (unpaired) electrons. The van der Waals surface area contributed by atoms with Crippen LogP contribution in [0.15, 0.2) is 22.5 Å². The van der Waals surface area contributed by atoms with Gasteiger partial charge in [0.15, 0.2) is 11.9 Å². The largest absolute Gasteiger partial charge is 0.480 e. The number of carboxylic acids is 1. The van der Waals surface area contributed by atoms with Crippen LogP contribution in [-0.2, 0) is 25.6 Å². The topological polar surface area (TPSA) is 328 Å². The summed E-state index contributed by atoms with van der Waals surface area (Å²) in [6.45, 7) is -0.431. The highest BCUT2D eigenvalue weighted by molar-refractivity contribution is 5.94. The number of aromatic nitrogens is 2. The van der Waals surface area contributed by atoms with Gasteiger partial charge in [0.25, 0.3) is 0 Å². The van der Waals surface area contributed by atoms with Gasteiger partial charge in [-0.15, -0.1) is 0 Å². The van der Waals surface area contributed by atoms with E-state index in [0.717, 1.165) is 0 Å². The van der Waals surface area contributed by atoms with Crippen LogP contribution < -0.4 is 44.6 Å². The number of aliphatic hydroxyl groups is 1. The number of amides is 3. The molecule has 1 rings (SSSR count). The van der Waals surface area contributed by atoms with Crippen LogP contribution in [-0.4, -0.2) is 99.7 Å². The summed E-state index contributed by atoms with van der Waals surface area (Å²) in [6.07, 6.45) is 3.71. The van der Waals surface area contributed by atoms with E-state index in [-0.39, 0.29) is 44.3 Å². The Kier molecular flexibility index (Phi) is 14.3. The lowest BCUT2D eigenvalue weighted by molar-refractivity contribution is -0.143. The molecule has 4 unspecified atom stereocenters. The van der Waals surface area contributed by atoms with Crippen LogP contribution in [0.25, 0.3) is 0 Å². The van der Waals surface area contributed by atoms with Crippen molar-refractivity contribution in [3.05, 3.63) is 18.2 Å². The third-order valence-electron chi connectivity index (χ3n) is 5.29. The van der Waals surface area contributed by atoms with Gasteiger partial charge in [0.05, 0.1) is 19.0 Å². The fourth-order valence-electron chi connectivity index (χ4n) is 3.26. The van der Waals surface area contributed by atoms with Crippen molar-refractivity contribution in [2.45, 2.75) is 56.3 Å². The molecular weight excluding hydrogens is 516 g/mol. The predicted molar refractivity (Wildman–Crippen MR) is 141 cm³/mol. The van der Waals surface area contributed by atoms with Crippen molar-refractivity contribution in [2.75, 3.05) is 19.7 Å². The van der Waals surface area contributed by atoms with Crippen LogP contribution in [0.4, 0.5) is 0 Å². The lowest BCUT2D eigenvalue weighted by atomic mass is 10.1. The number of aliphatic carboxylic acids is 1. The molecule has 0 aromatic carbocycles. The van der Waals surface area contributed by atoms with Gasteiger partial charge in [0, 0.05) is 31.4 Å². The molecule has 1 heterocycles. The van der Waals surface area contributed by atoms with Gasteiger partial charge in [-0.3, -0.25) is 24.4 Å². The molecule has 0 aliphatic heterocycles. The number of nitrogens with two attached hydrogens (primary N) is 5. The smallest absolute Gasteiger partial charge is 0.328 e. The van der Waals surface area contributed by atoms with Gasteiger partial charge in [-0.05, 0) is 25.7 Å². The van der Waals surface area contributed by atoms with Crippen molar-refractivity contribution in [1.29, 1.82) is 0 Å². The van der Waals surface area contributed by atoms with Crippen molar-refractivity contribution < 1.29 is 29.4 Å². The van der Waals surface area contributed by atoms with E-state index in [4.69, 9.17) is 33.8 Å². The number of rotatable bonds is 18. The number of aliphatic hydroxyl groups excluding tert-OH is 1. The number of H-pyrrole nitrogens is 1. The Morgan fingerprint density at radius 1 is 0.872 bits per heavy atom. The second kappa shape index (κ2) is 17.1. The Morgan fingerprint density at radius 2 is 1.41 bits per heavy atom. The van der Waals surface area contributed by atoms with E-state index >= 15 is 0 Å². The average Bonchev–Trinajstić information content (AvgIpc) is 3.38. The van der Waals surface area contributed by atoms with Gasteiger partial charge in [0.2, 0.25) is 17.7 Å². The highest BCUT2D eigenvalue weighted by Gasteiger charge is 2.30. The SMILES string of the molecule is NC(N)=NCCCC(N)C(=O)NC(CCCN=C(N)N)C(=O)NC(Cc1cnc[nH]1)C(=O)NC(CO)C(=O)O. The number of guanidine groups is 2. The maximum Gasteiger partial charge on any atom is 0.328 e. The Hall–Kier alpha value is -4.45. The maximum absolute atomic E-state index is 13.2. The van der Waals surface area contributed by atoms with Crippen molar-refractivity contribution in [1.82, 2.24) is 25.9 Å². The van der Waals surface area contributed by atoms with Gasteiger partial charge in [-0.2, -0.15) is 0 Å². The highest BCUT2D eigenvalue weighted by atomic mass is 16.4. The molecule has 0 saturated heterocycles. The van der Waals surface area contributed by atoms with Crippen molar-refractivity contribution >= 4 is 35.6 Å². The minimum absolute atomic E-state index is 0.0852. The van der Waals surface area contributed by atoms with Crippen molar-refractivity contribution in [3.63, 3.8) is 0 Å². The van der Waals surface area contributed by atoms with Gasteiger partial charge in [0.1, 0.15) is 18.1 Å². The summed E-state index contributed by atoms with van der Waals surface area (Å²) in [4.78, 5) is 64.4. The number of hydrogen-bond acceptors (Lipinski definition) is 9. The Balaban J connectivity index is 3.01. The molecule has 1 aromatic heterocycles. The molecule has 1 aromatic rings. The summed E-state index contributed by atoms with van der Waals surface area (Å²) in [7, 11) is 0. The standard InChI is InChI=1S/C21H38N12O6/c22-12(3-1-5-28-20(23)24)16(35)31-13(4-2-6-29-21(25)26)17(36)32-14(7-11-8-27-10-30-11)18(37)33-15(9-34)19(38)39/h8,10,12-15,34H,1-7,9,22H2,(H,27,30)(H,31,35)(H,32,36)(H,33,37)(H,38,39)(H4,23,24,28)(H4,25,26,29). The molecule has 16 N–H and O–H groups in total. The van der Waals surface area contributed by atoms with Crippen LogP contribution in [0.5, 0.6) is 0 Å². The number of carbonyl (C=O) groups excluding carboxylic acids is 3. The summed E-state index contributed by atoms with van der Waals surface area (Å²) >= 11 is 0. The van der Waals surface area contributed by atoms with E-state index in [1.807, 2.05) is 0 Å². The minimum Gasteiger partial charge on any atom is -0.480 e. The molecule has 0 spiro atoms. The second-order valence-electron chi connectivity index (χ2n) is 8.49. The normalized spacial score (nSPS) is 13.7. The zero-order valence-electron chi connectivity index (χ0n) is 21.4. The molecule has 0 bridgehead atoms. The Bertz CT molecular complexity index is 992. The first-order valence-corrected chi connectivity index (χ1v) is 12.0. The summed E-state index contributed by atoms with van der Waals surface area (Å²) in [5.74, 6) is -3.93. The molecule has 0 aliphatic rings. The zero-order chi connectivity index (χ0) is 29.4. The number of aromatic amines is 1. The molecule has 0 fully saturated rings. The number of nitrogens with zero attached hydrogens (tertiary/aromatic N) is 3. The van der Waals surface area contributed by atoms with Crippen LogP contribution in [0.1, 0.15) is 31.4 Å². The molecule has 0 aliphatic carbocycles. The summed E-state index contributed by atoms with van der Waals surface area (Å²) in [5.41, 5.74) is 27.6. The number of carboxylic acid groups (broad SMARTS) is 1. The lowest BCUT2D eigenvalue weighted by Gasteiger charge is -2.25. The summed E-state index contributed by atoms with van der Waals surface area (Å²) in [6, 6.07) is -4.99. The number of aliphatic imine (C=N–C) groups is 2. The monoisotopic (exact) mass is 554 g/mol. The van der Waals surface area contributed by atoms with E-state index in [9.17, 15) is 24.3 Å². The van der Waals surface area contributed by atoms with Crippen LogP contribution in [0, 0.1) is 0 Å². The van der Waals surface area contributed by atoms with Gasteiger partial charge in [-0.25, -0.2) is 9.78 Å². The van der Waals surface area contributed by atoms with Crippen LogP contribution in [0.3, 0.4) is 0 Å². The molecule has 218 valence electrons. The maximum atomic E-state index is 13.2. The number of hydrogen-bond donors (Lipinski definition) is 11. The Labute approximate surface area is 224 Å². The zero-order valence-corrected chi connectivity index (χ0v) is 21.4. The lowest BCUT2D eigenvalue weighted by Crippen LogP contribution is -2.58. The molecule has 18 nitrogen and oxygen atoms in total. The molecular formula is C21H38N12O6. The first kappa shape index (κ1) is 32.6.